The Morgan fingerprint density at radius 3 is 2.56 bits per heavy atom. The number of non-ortho nitro benzene ring substituents is 1. The van der Waals surface area contributed by atoms with Crippen LogP contribution in [-0.4, -0.2) is 34.8 Å². The lowest BCUT2D eigenvalue weighted by Crippen LogP contribution is -2.31. The van der Waals surface area contributed by atoms with E-state index in [1.807, 2.05) is 0 Å². The van der Waals surface area contributed by atoms with Crippen molar-refractivity contribution in [3.63, 3.8) is 0 Å². The van der Waals surface area contributed by atoms with Gasteiger partial charge in [-0.15, -0.1) is 11.3 Å². The second-order valence-electron chi connectivity index (χ2n) is 7.87. The molecule has 1 aliphatic heterocycles. The molecule has 1 fully saturated rings. The summed E-state index contributed by atoms with van der Waals surface area (Å²) in [5, 5.41) is 18.3. The molecule has 4 rings (SSSR count). The molecule has 176 valence electrons. The maximum atomic E-state index is 14.6. The number of nitro groups is 1. The van der Waals surface area contributed by atoms with Gasteiger partial charge in [0.1, 0.15) is 5.82 Å². The fourth-order valence-electron chi connectivity index (χ4n) is 3.85. The van der Waals surface area contributed by atoms with Gasteiger partial charge in [0.2, 0.25) is 5.91 Å². The van der Waals surface area contributed by atoms with E-state index in [-0.39, 0.29) is 27.9 Å². The van der Waals surface area contributed by atoms with E-state index in [4.69, 9.17) is 0 Å². The molecule has 1 saturated heterocycles. The number of benzene rings is 2. The summed E-state index contributed by atoms with van der Waals surface area (Å²) in [6, 6.07) is 8.53. The van der Waals surface area contributed by atoms with Crippen molar-refractivity contribution in [1.82, 2.24) is 4.98 Å². The Bertz CT molecular complexity index is 1260. The number of nitrogens with zero attached hydrogens (tertiary/aromatic N) is 3. The number of amides is 2. The van der Waals surface area contributed by atoms with Crippen molar-refractivity contribution in [1.29, 1.82) is 0 Å². The summed E-state index contributed by atoms with van der Waals surface area (Å²) >= 11 is 1.12. The summed E-state index contributed by atoms with van der Waals surface area (Å²) in [7, 11) is 0. The second kappa shape index (κ2) is 9.96. The number of hydrogen-bond acceptors (Lipinski definition) is 7. The number of piperidine rings is 1. The second-order valence-corrected chi connectivity index (χ2v) is 8.73. The molecule has 0 radical (unpaired) electrons. The Labute approximate surface area is 198 Å². The molecule has 11 heteroatoms. The van der Waals surface area contributed by atoms with Crippen LogP contribution in [0.25, 0.3) is 11.3 Å². The molecule has 0 bridgehead atoms. The van der Waals surface area contributed by atoms with E-state index in [9.17, 15) is 24.1 Å². The predicted octanol–water partition coefficient (Wildman–Crippen LogP) is 5.06. The number of thiazole rings is 1. The topological polar surface area (TPSA) is 117 Å². The fourth-order valence-corrected chi connectivity index (χ4v) is 4.56. The minimum atomic E-state index is -0.569. The van der Waals surface area contributed by atoms with Crippen LogP contribution in [0.4, 0.5) is 26.6 Å². The van der Waals surface area contributed by atoms with E-state index in [1.54, 1.807) is 17.5 Å². The van der Waals surface area contributed by atoms with Crippen molar-refractivity contribution in [2.24, 2.45) is 0 Å². The molecule has 34 heavy (non-hydrogen) atoms. The summed E-state index contributed by atoms with van der Waals surface area (Å²) < 4.78 is 14.6. The van der Waals surface area contributed by atoms with Gasteiger partial charge in [0.15, 0.2) is 5.13 Å². The standard InChI is InChI=1S/C23H22FN5O4S/c1-14(30)25-15-5-7-17(19(24)11-15)20-13-34-23(26-20)27-22(31)18-12-16(29(32)33)6-8-21(18)28-9-3-2-4-10-28/h5-8,11-13H,2-4,9-10H2,1H3,(H,25,30)(H,26,27,31). The number of nitro benzene ring substituents is 1. The smallest absolute Gasteiger partial charge is 0.270 e. The lowest BCUT2D eigenvalue weighted by molar-refractivity contribution is -0.384. The number of rotatable bonds is 6. The first-order valence-corrected chi connectivity index (χ1v) is 11.6. The Morgan fingerprint density at radius 2 is 1.88 bits per heavy atom. The third-order valence-corrected chi connectivity index (χ3v) is 6.18. The van der Waals surface area contributed by atoms with Gasteiger partial charge in [-0.2, -0.15) is 0 Å². The van der Waals surface area contributed by atoms with Crippen LogP contribution in [0, 0.1) is 15.9 Å². The van der Waals surface area contributed by atoms with Gasteiger partial charge < -0.3 is 10.2 Å². The number of carbonyl (C=O) groups is 2. The molecule has 2 amide bonds. The highest BCUT2D eigenvalue weighted by Gasteiger charge is 2.23. The molecule has 0 aliphatic carbocycles. The summed E-state index contributed by atoms with van der Waals surface area (Å²) in [5.74, 6) is -1.40. The molecule has 0 spiro atoms. The first kappa shape index (κ1) is 23.3. The van der Waals surface area contributed by atoms with Crippen molar-refractivity contribution in [2.75, 3.05) is 28.6 Å². The van der Waals surface area contributed by atoms with Crippen molar-refractivity contribution in [3.05, 3.63) is 63.3 Å². The Morgan fingerprint density at radius 1 is 1.12 bits per heavy atom. The third kappa shape index (κ3) is 5.20. The maximum absolute atomic E-state index is 14.6. The monoisotopic (exact) mass is 483 g/mol. The predicted molar refractivity (Wildman–Crippen MR) is 129 cm³/mol. The zero-order valence-corrected chi connectivity index (χ0v) is 19.2. The van der Waals surface area contributed by atoms with Crippen LogP contribution >= 0.6 is 11.3 Å². The van der Waals surface area contributed by atoms with Gasteiger partial charge in [-0.3, -0.25) is 25.0 Å². The van der Waals surface area contributed by atoms with Crippen molar-refractivity contribution < 1.29 is 18.9 Å². The zero-order valence-electron chi connectivity index (χ0n) is 18.3. The molecule has 3 aromatic rings. The fraction of sp³-hybridized carbons (Fsp3) is 0.261. The van der Waals surface area contributed by atoms with Crippen LogP contribution in [0.15, 0.2) is 41.8 Å². The van der Waals surface area contributed by atoms with Gasteiger partial charge in [-0.1, -0.05) is 0 Å². The van der Waals surface area contributed by atoms with E-state index >= 15 is 0 Å². The average molecular weight is 484 g/mol. The lowest BCUT2D eigenvalue weighted by atomic mass is 10.1. The first-order chi connectivity index (χ1) is 16.3. The Kier molecular flexibility index (Phi) is 6.82. The van der Waals surface area contributed by atoms with Gasteiger partial charge in [-0.25, -0.2) is 9.37 Å². The average Bonchev–Trinajstić information content (AvgIpc) is 3.27. The Balaban J connectivity index is 1.57. The van der Waals surface area contributed by atoms with Crippen molar-refractivity contribution >= 4 is 45.3 Å². The van der Waals surface area contributed by atoms with Crippen LogP contribution in [0.3, 0.4) is 0 Å². The van der Waals surface area contributed by atoms with Crippen LogP contribution in [0.5, 0.6) is 0 Å². The molecule has 2 aromatic carbocycles. The first-order valence-electron chi connectivity index (χ1n) is 10.7. The number of aromatic nitrogens is 1. The van der Waals surface area contributed by atoms with E-state index in [0.717, 1.165) is 43.7 Å². The summed E-state index contributed by atoms with van der Waals surface area (Å²) in [6.07, 6.45) is 3.08. The number of hydrogen-bond donors (Lipinski definition) is 2. The highest BCUT2D eigenvalue weighted by atomic mass is 32.1. The Hall–Kier alpha value is -3.86. The molecule has 0 atom stereocenters. The zero-order chi connectivity index (χ0) is 24.2. The van der Waals surface area contributed by atoms with E-state index < -0.39 is 16.6 Å². The highest BCUT2D eigenvalue weighted by Crippen LogP contribution is 2.31. The molecule has 0 saturated carbocycles. The van der Waals surface area contributed by atoms with Crippen LogP contribution in [0.2, 0.25) is 0 Å². The van der Waals surface area contributed by atoms with E-state index in [0.29, 0.717) is 17.1 Å². The molecular weight excluding hydrogens is 461 g/mol. The van der Waals surface area contributed by atoms with Crippen molar-refractivity contribution in [3.8, 4) is 11.3 Å². The molecule has 1 aliphatic rings. The third-order valence-electron chi connectivity index (χ3n) is 5.42. The van der Waals surface area contributed by atoms with Gasteiger partial charge >= 0.3 is 0 Å². The highest BCUT2D eigenvalue weighted by molar-refractivity contribution is 7.14. The normalized spacial score (nSPS) is 13.4. The van der Waals surface area contributed by atoms with E-state index in [1.165, 1.54) is 31.2 Å². The van der Waals surface area contributed by atoms with E-state index in [2.05, 4.69) is 20.5 Å². The van der Waals surface area contributed by atoms with Gasteiger partial charge in [0.05, 0.1) is 21.9 Å². The van der Waals surface area contributed by atoms with Crippen molar-refractivity contribution in [2.45, 2.75) is 26.2 Å². The molecule has 2 N–H and O–H groups in total. The van der Waals surface area contributed by atoms with Crippen LogP contribution in [0.1, 0.15) is 36.5 Å². The summed E-state index contributed by atoms with van der Waals surface area (Å²) in [6.45, 7) is 2.87. The number of nitrogens with one attached hydrogen (secondary N) is 2. The lowest BCUT2D eigenvalue weighted by Gasteiger charge is -2.30. The number of anilines is 3. The van der Waals surface area contributed by atoms with Crippen LogP contribution in [-0.2, 0) is 4.79 Å². The molecule has 1 aromatic heterocycles. The number of carbonyl (C=O) groups excluding carboxylic acids is 2. The van der Waals surface area contributed by atoms with Gasteiger partial charge in [-0.05, 0) is 43.5 Å². The maximum Gasteiger partial charge on any atom is 0.270 e. The molecule has 2 heterocycles. The number of halogens is 1. The molecule has 9 nitrogen and oxygen atoms in total. The minimum absolute atomic E-state index is 0.174. The molecular formula is C23H22FN5O4S. The molecule has 0 unspecified atom stereocenters. The SMILES string of the molecule is CC(=O)Nc1ccc(-c2csc(NC(=O)c3cc([N+](=O)[O-])ccc3N3CCCCC3)n2)c(F)c1. The largest absolute Gasteiger partial charge is 0.371 e. The van der Waals surface area contributed by atoms with Gasteiger partial charge in [0.25, 0.3) is 11.6 Å². The van der Waals surface area contributed by atoms with Crippen LogP contribution < -0.4 is 15.5 Å². The minimum Gasteiger partial charge on any atom is -0.371 e. The quantitative estimate of drug-likeness (QED) is 0.374. The van der Waals surface area contributed by atoms with Gasteiger partial charge in [0, 0.05) is 48.8 Å². The summed E-state index contributed by atoms with van der Waals surface area (Å²) in [5.41, 5.74) is 1.52. The summed E-state index contributed by atoms with van der Waals surface area (Å²) in [4.78, 5) is 41.4.